The van der Waals surface area contributed by atoms with Crippen molar-refractivity contribution >= 4 is 11.9 Å². The first-order chi connectivity index (χ1) is 11.4. The van der Waals surface area contributed by atoms with E-state index in [1.165, 1.54) is 0 Å². The maximum atomic E-state index is 12.2. The molecule has 1 aliphatic rings. The summed E-state index contributed by atoms with van der Waals surface area (Å²) in [6, 6.07) is 8.43. The van der Waals surface area contributed by atoms with Gasteiger partial charge in [-0.05, 0) is 56.4 Å². The number of benzene rings is 1. The Bertz CT molecular complexity index is 760. The summed E-state index contributed by atoms with van der Waals surface area (Å²) in [4.78, 5) is 23.4. The van der Waals surface area contributed by atoms with Crippen molar-refractivity contribution < 1.29 is 14.7 Å². The molecule has 6 nitrogen and oxygen atoms in total. The number of aromatic nitrogens is 2. The molecule has 1 unspecified atom stereocenters. The minimum Gasteiger partial charge on any atom is -0.480 e. The van der Waals surface area contributed by atoms with Crippen molar-refractivity contribution in [2.45, 2.75) is 39.3 Å². The molecule has 2 aromatic rings. The van der Waals surface area contributed by atoms with Gasteiger partial charge in [-0.25, -0.2) is 4.79 Å². The second-order valence-electron chi connectivity index (χ2n) is 6.41. The van der Waals surface area contributed by atoms with Crippen molar-refractivity contribution in [3.8, 4) is 0 Å². The Balaban J connectivity index is 1.66. The second kappa shape index (κ2) is 6.47. The number of aliphatic carboxylic acids is 1. The average molecular weight is 327 g/mol. The smallest absolute Gasteiger partial charge is 0.326 e. The third kappa shape index (κ3) is 3.64. The largest absolute Gasteiger partial charge is 0.480 e. The van der Waals surface area contributed by atoms with E-state index in [0.29, 0.717) is 12.1 Å². The number of amides is 1. The molecule has 1 aromatic heterocycles. The van der Waals surface area contributed by atoms with Gasteiger partial charge in [-0.3, -0.25) is 9.48 Å². The zero-order valence-corrected chi connectivity index (χ0v) is 13.8. The lowest BCUT2D eigenvalue weighted by molar-refractivity contribution is -0.139. The van der Waals surface area contributed by atoms with Crippen LogP contribution in [0.15, 0.2) is 30.3 Å². The van der Waals surface area contributed by atoms with Crippen LogP contribution >= 0.6 is 0 Å². The van der Waals surface area contributed by atoms with Gasteiger partial charge in [-0.15, -0.1) is 0 Å². The van der Waals surface area contributed by atoms with E-state index in [2.05, 4.69) is 10.4 Å². The van der Waals surface area contributed by atoms with Crippen LogP contribution in [-0.4, -0.2) is 32.8 Å². The molecule has 0 radical (unpaired) electrons. The molecule has 0 saturated heterocycles. The molecule has 0 bridgehead atoms. The van der Waals surface area contributed by atoms with E-state index in [4.69, 9.17) is 0 Å². The molecule has 0 aliphatic heterocycles. The molecule has 1 aromatic carbocycles. The van der Waals surface area contributed by atoms with Crippen LogP contribution in [0.5, 0.6) is 0 Å². The van der Waals surface area contributed by atoms with E-state index in [0.717, 1.165) is 29.8 Å². The van der Waals surface area contributed by atoms with Crippen LogP contribution in [0.1, 0.15) is 40.2 Å². The number of carbonyl (C=O) groups is 2. The van der Waals surface area contributed by atoms with Gasteiger partial charge in [0, 0.05) is 11.3 Å². The molecule has 2 N–H and O–H groups in total. The fourth-order valence-electron chi connectivity index (χ4n) is 2.80. The van der Waals surface area contributed by atoms with Gasteiger partial charge in [0.25, 0.3) is 5.91 Å². The number of hydrogen-bond acceptors (Lipinski definition) is 3. The number of carboxylic acids is 1. The van der Waals surface area contributed by atoms with Gasteiger partial charge >= 0.3 is 5.97 Å². The van der Waals surface area contributed by atoms with E-state index in [9.17, 15) is 14.7 Å². The van der Waals surface area contributed by atoms with Crippen LogP contribution in [0.4, 0.5) is 0 Å². The maximum Gasteiger partial charge on any atom is 0.326 e. The van der Waals surface area contributed by atoms with E-state index < -0.39 is 12.0 Å². The van der Waals surface area contributed by atoms with Gasteiger partial charge in [0.2, 0.25) is 0 Å². The molecule has 3 rings (SSSR count). The van der Waals surface area contributed by atoms with Gasteiger partial charge in [0.1, 0.15) is 6.04 Å². The minimum absolute atomic E-state index is 0.0664. The number of carboxylic acid groups (broad SMARTS) is 1. The Morgan fingerprint density at radius 2 is 1.96 bits per heavy atom. The van der Waals surface area contributed by atoms with Crippen LogP contribution in [0.2, 0.25) is 0 Å². The first kappa shape index (κ1) is 16.2. The lowest BCUT2D eigenvalue weighted by Crippen LogP contribution is -2.42. The first-order valence-corrected chi connectivity index (χ1v) is 8.07. The molecule has 1 saturated carbocycles. The van der Waals surface area contributed by atoms with Crippen LogP contribution in [-0.2, 0) is 11.3 Å². The van der Waals surface area contributed by atoms with Gasteiger partial charge < -0.3 is 10.4 Å². The molecule has 1 heterocycles. The van der Waals surface area contributed by atoms with Gasteiger partial charge in [0.05, 0.1) is 12.2 Å². The summed E-state index contributed by atoms with van der Waals surface area (Å²) < 4.78 is 1.91. The summed E-state index contributed by atoms with van der Waals surface area (Å²) >= 11 is 0. The Labute approximate surface area is 140 Å². The Hall–Kier alpha value is -2.63. The van der Waals surface area contributed by atoms with E-state index in [1.54, 1.807) is 12.1 Å². The SMILES string of the molecule is Cc1cc(C)n(Cc2ccc(C(=O)NC(C(=O)O)C3CC3)cc2)n1. The quantitative estimate of drug-likeness (QED) is 0.851. The number of nitrogens with zero attached hydrogens (tertiary/aromatic N) is 2. The van der Waals surface area contributed by atoms with Crippen LogP contribution in [0, 0.1) is 19.8 Å². The van der Waals surface area contributed by atoms with Crippen molar-refractivity contribution in [3.05, 3.63) is 52.8 Å². The average Bonchev–Trinajstić information content (AvgIpc) is 3.31. The van der Waals surface area contributed by atoms with Crippen molar-refractivity contribution in [2.75, 3.05) is 0 Å². The lowest BCUT2D eigenvalue weighted by Gasteiger charge is -2.13. The monoisotopic (exact) mass is 327 g/mol. The summed E-state index contributed by atoms with van der Waals surface area (Å²) in [6.45, 7) is 4.60. The first-order valence-electron chi connectivity index (χ1n) is 8.07. The zero-order chi connectivity index (χ0) is 17.3. The van der Waals surface area contributed by atoms with E-state index in [-0.39, 0.29) is 11.8 Å². The maximum absolute atomic E-state index is 12.2. The Morgan fingerprint density at radius 3 is 2.46 bits per heavy atom. The fraction of sp³-hybridized carbons (Fsp3) is 0.389. The normalized spacial score (nSPS) is 15.1. The van der Waals surface area contributed by atoms with Crippen LogP contribution < -0.4 is 5.32 Å². The highest BCUT2D eigenvalue weighted by Gasteiger charge is 2.37. The molecule has 6 heteroatoms. The molecule has 126 valence electrons. The molecule has 1 atom stereocenters. The highest BCUT2D eigenvalue weighted by Crippen LogP contribution is 2.32. The molecule has 1 fully saturated rings. The third-order valence-electron chi connectivity index (χ3n) is 4.30. The van der Waals surface area contributed by atoms with Crippen molar-refractivity contribution in [2.24, 2.45) is 5.92 Å². The van der Waals surface area contributed by atoms with Crippen molar-refractivity contribution in [3.63, 3.8) is 0 Å². The minimum atomic E-state index is -0.966. The van der Waals surface area contributed by atoms with Gasteiger partial charge in [0.15, 0.2) is 0 Å². The summed E-state index contributed by atoms with van der Waals surface area (Å²) in [5, 5.41) is 16.2. The standard InChI is InChI=1S/C18H21N3O3/c1-11-9-12(2)21(20-11)10-13-3-5-15(6-4-13)17(22)19-16(18(23)24)14-7-8-14/h3-6,9,14,16H,7-8,10H2,1-2H3,(H,19,22)(H,23,24). The van der Waals surface area contributed by atoms with Crippen molar-refractivity contribution in [1.29, 1.82) is 0 Å². The van der Waals surface area contributed by atoms with Crippen molar-refractivity contribution in [1.82, 2.24) is 15.1 Å². The Morgan fingerprint density at radius 1 is 1.29 bits per heavy atom. The lowest BCUT2D eigenvalue weighted by atomic mass is 10.1. The Kier molecular flexibility index (Phi) is 4.38. The number of aryl methyl sites for hydroxylation is 2. The second-order valence-corrected chi connectivity index (χ2v) is 6.41. The topological polar surface area (TPSA) is 84.2 Å². The molecule has 24 heavy (non-hydrogen) atoms. The molecule has 0 spiro atoms. The molecule has 1 amide bonds. The predicted octanol–water partition coefficient (Wildman–Crippen LogP) is 2.14. The summed E-state index contributed by atoms with van der Waals surface area (Å²) in [6.07, 6.45) is 1.72. The third-order valence-corrected chi connectivity index (χ3v) is 4.30. The number of hydrogen-bond donors (Lipinski definition) is 2. The van der Waals surface area contributed by atoms with Crippen LogP contribution in [0.3, 0.4) is 0 Å². The summed E-state index contributed by atoms with van der Waals surface area (Å²) in [5.74, 6) is -1.24. The van der Waals surface area contributed by atoms with Gasteiger partial charge in [-0.1, -0.05) is 12.1 Å². The fourth-order valence-corrected chi connectivity index (χ4v) is 2.80. The molecular formula is C18H21N3O3. The van der Waals surface area contributed by atoms with E-state index in [1.807, 2.05) is 36.7 Å². The van der Waals surface area contributed by atoms with E-state index >= 15 is 0 Å². The van der Waals surface area contributed by atoms with Gasteiger partial charge in [-0.2, -0.15) is 5.10 Å². The number of nitrogens with one attached hydrogen (secondary N) is 1. The molecular weight excluding hydrogens is 306 g/mol. The molecule has 1 aliphatic carbocycles. The number of rotatable bonds is 6. The predicted molar refractivity (Wildman–Crippen MR) is 88.9 cm³/mol. The number of carbonyl (C=O) groups excluding carboxylic acids is 1. The highest BCUT2D eigenvalue weighted by molar-refractivity contribution is 5.96. The van der Waals surface area contributed by atoms with Crippen LogP contribution in [0.25, 0.3) is 0 Å². The zero-order valence-electron chi connectivity index (χ0n) is 13.8. The summed E-state index contributed by atoms with van der Waals surface area (Å²) in [5.41, 5.74) is 3.57. The summed E-state index contributed by atoms with van der Waals surface area (Å²) in [7, 11) is 0. The highest BCUT2D eigenvalue weighted by atomic mass is 16.4.